The zero-order chi connectivity index (χ0) is 25.2. The van der Waals surface area contributed by atoms with E-state index in [1.807, 2.05) is 24.5 Å². The molecule has 0 aliphatic rings. The molecule has 35 heavy (non-hydrogen) atoms. The molecule has 0 aliphatic heterocycles. The molecular weight excluding hydrogens is 463 g/mol. The first-order valence-electron chi connectivity index (χ1n) is 11.7. The molecule has 0 aliphatic carbocycles. The maximum atomic E-state index is 13.5. The maximum absolute atomic E-state index is 13.5. The van der Waals surface area contributed by atoms with E-state index in [-0.39, 0.29) is 17.3 Å². The largest absolute Gasteiger partial charge is 0.349 e. The van der Waals surface area contributed by atoms with Crippen LogP contribution in [0.4, 0.5) is 4.39 Å². The van der Waals surface area contributed by atoms with Crippen molar-refractivity contribution in [3.8, 4) is 0 Å². The van der Waals surface area contributed by atoms with Gasteiger partial charge in [-0.3, -0.25) is 4.79 Å². The molecule has 5 nitrogen and oxygen atoms in total. The van der Waals surface area contributed by atoms with Crippen molar-refractivity contribution in [1.82, 2.24) is 9.88 Å². The molecule has 0 radical (unpaired) electrons. The van der Waals surface area contributed by atoms with Crippen molar-refractivity contribution in [2.75, 3.05) is 6.54 Å². The predicted molar refractivity (Wildman–Crippen MR) is 137 cm³/mol. The number of halogens is 1. The smallest absolute Gasteiger partial charge is 0.268 e. The molecule has 1 N–H and O–H groups in total. The van der Waals surface area contributed by atoms with Crippen molar-refractivity contribution < 1.29 is 17.6 Å². The monoisotopic (exact) mass is 492 g/mol. The number of amides is 1. The lowest BCUT2D eigenvalue weighted by Gasteiger charge is -2.19. The van der Waals surface area contributed by atoms with E-state index in [0.717, 1.165) is 35.0 Å². The number of aryl methyl sites for hydroxylation is 3. The summed E-state index contributed by atoms with van der Waals surface area (Å²) in [6.07, 6.45) is 0.897. The van der Waals surface area contributed by atoms with Gasteiger partial charge in [-0.2, -0.15) is 0 Å². The molecule has 7 heteroatoms. The minimum atomic E-state index is -3.90. The Kier molecular flexibility index (Phi) is 7.08. The number of carbonyl (C=O) groups excluding carboxylic acids is 1. The van der Waals surface area contributed by atoms with E-state index in [2.05, 4.69) is 24.4 Å². The average Bonchev–Trinajstić information content (AvgIpc) is 3.15. The molecular formula is C28H29FN2O3S. The Bertz CT molecular complexity index is 1460. The number of benzene rings is 3. The van der Waals surface area contributed by atoms with Crippen LogP contribution in [0.2, 0.25) is 0 Å². The number of rotatable bonds is 8. The van der Waals surface area contributed by atoms with Gasteiger partial charge in [0.05, 0.1) is 4.90 Å². The highest BCUT2D eigenvalue weighted by Gasteiger charge is 2.30. The first kappa shape index (κ1) is 24.7. The number of fused-ring (bicyclic) bond motifs is 1. The van der Waals surface area contributed by atoms with E-state index < -0.39 is 20.9 Å². The predicted octanol–water partition coefficient (Wildman–Crippen LogP) is 5.62. The second-order valence-corrected chi connectivity index (χ2v) is 10.7. The number of aromatic nitrogens is 1. The van der Waals surface area contributed by atoms with Gasteiger partial charge in [0.1, 0.15) is 16.8 Å². The van der Waals surface area contributed by atoms with Crippen molar-refractivity contribution in [2.24, 2.45) is 0 Å². The van der Waals surface area contributed by atoms with E-state index in [9.17, 15) is 17.6 Å². The number of nitrogens with zero attached hydrogens (tertiary/aromatic N) is 1. The Morgan fingerprint density at radius 1 is 1.00 bits per heavy atom. The first-order valence-corrected chi connectivity index (χ1v) is 13.3. The van der Waals surface area contributed by atoms with E-state index in [4.69, 9.17) is 0 Å². The molecule has 0 saturated carbocycles. The van der Waals surface area contributed by atoms with Crippen molar-refractivity contribution in [2.45, 2.75) is 43.9 Å². The summed E-state index contributed by atoms with van der Waals surface area (Å²) in [4.78, 5) is 13.4. The molecule has 1 amide bonds. The van der Waals surface area contributed by atoms with Gasteiger partial charge in [-0.1, -0.05) is 43.3 Å². The van der Waals surface area contributed by atoms with Crippen LogP contribution in [0.15, 0.2) is 77.7 Å². The molecule has 1 unspecified atom stereocenters. The van der Waals surface area contributed by atoms with Gasteiger partial charge < -0.3 is 9.88 Å². The number of sulfone groups is 1. The van der Waals surface area contributed by atoms with Gasteiger partial charge >= 0.3 is 0 Å². The maximum Gasteiger partial charge on any atom is 0.268 e. The third kappa shape index (κ3) is 4.73. The molecule has 0 saturated heterocycles. The van der Waals surface area contributed by atoms with Gasteiger partial charge in [-0.15, -0.1) is 0 Å². The fourth-order valence-electron chi connectivity index (χ4n) is 4.54. The van der Waals surface area contributed by atoms with E-state index in [1.54, 1.807) is 30.3 Å². The highest BCUT2D eigenvalue weighted by molar-refractivity contribution is 7.91. The van der Waals surface area contributed by atoms with Crippen LogP contribution in [-0.4, -0.2) is 25.4 Å². The van der Waals surface area contributed by atoms with Crippen LogP contribution < -0.4 is 5.32 Å². The Balaban J connectivity index is 1.70. The molecule has 182 valence electrons. The molecule has 0 spiro atoms. The summed E-state index contributed by atoms with van der Waals surface area (Å²) in [6.45, 7) is 6.48. The van der Waals surface area contributed by atoms with E-state index >= 15 is 0 Å². The highest BCUT2D eigenvalue weighted by Crippen LogP contribution is 2.30. The van der Waals surface area contributed by atoms with Crippen LogP contribution in [0.3, 0.4) is 0 Å². The lowest BCUT2D eigenvalue weighted by atomic mass is 10.1. The van der Waals surface area contributed by atoms with Gasteiger partial charge in [-0.05, 0) is 73.4 Å². The fourth-order valence-corrected chi connectivity index (χ4v) is 6.20. The van der Waals surface area contributed by atoms with Crippen LogP contribution in [0.25, 0.3) is 10.9 Å². The number of nitrogens with one attached hydrogen (secondary N) is 1. The highest BCUT2D eigenvalue weighted by atomic mass is 32.2. The first-order chi connectivity index (χ1) is 16.8. The van der Waals surface area contributed by atoms with Crippen LogP contribution in [0.1, 0.15) is 46.3 Å². The summed E-state index contributed by atoms with van der Waals surface area (Å²) in [6, 6.07) is 19.7. The van der Waals surface area contributed by atoms with Gasteiger partial charge in [0.2, 0.25) is 0 Å². The average molecular weight is 493 g/mol. The second-order valence-electron chi connectivity index (χ2n) is 8.53. The van der Waals surface area contributed by atoms with Gasteiger partial charge in [0.25, 0.3) is 5.91 Å². The van der Waals surface area contributed by atoms with Crippen LogP contribution in [-0.2, 0) is 22.8 Å². The summed E-state index contributed by atoms with van der Waals surface area (Å²) in [5, 5.41) is 2.88. The fraction of sp³-hybridized carbons (Fsp3) is 0.250. The standard InChI is InChI=1S/C28H29FN2O3S/c1-4-20-11-16-25-24(17-20)19(3)27(31(25)5-2)28(32)30-18-26(21-9-7-6-8-10-21)35(33,34)23-14-12-22(29)13-15-23/h6-17,26H,4-5,18H2,1-3H3,(H,30,32). The summed E-state index contributed by atoms with van der Waals surface area (Å²) in [5.74, 6) is -0.837. The summed E-state index contributed by atoms with van der Waals surface area (Å²) in [7, 11) is -3.90. The SMILES string of the molecule is CCc1ccc2c(c1)c(C)c(C(=O)NCC(c1ccccc1)S(=O)(=O)c1ccc(F)cc1)n2CC. The minimum absolute atomic E-state index is 0.00736. The lowest BCUT2D eigenvalue weighted by Crippen LogP contribution is -2.33. The van der Waals surface area contributed by atoms with Gasteiger partial charge in [0, 0.05) is 24.0 Å². The number of hydrogen-bond acceptors (Lipinski definition) is 3. The molecule has 4 rings (SSSR count). The topological polar surface area (TPSA) is 68.2 Å². The Morgan fingerprint density at radius 2 is 1.69 bits per heavy atom. The second kappa shape index (κ2) is 10.0. The Morgan fingerprint density at radius 3 is 2.31 bits per heavy atom. The van der Waals surface area contributed by atoms with Crippen molar-refractivity contribution >= 4 is 26.6 Å². The third-order valence-corrected chi connectivity index (χ3v) is 8.57. The van der Waals surface area contributed by atoms with Crippen LogP contribution in [0.5, 0.6) is 0 Å². The van der Waals surface area contributed by atoms with Crippen LogP contribution >= 0.6 is 0 Å². The zero-order valence-corrected chi connectivity index (χ0v) is 20.9. The van der Waals surface area contributed by atoms with E-state index in [0.29, 0.717) is 17.8 Å². The normalized spacial score (nSPS) is 12.6. The number of hydrogen-bond donors (Lipinski definition) is 1. The molecule has 0 bridgehead atoms. The molecule has 1 aromatic heterocycles. The van der Waals surface area contributed by atoms with Crippen molar-refractivity contribution in [3.05, 3.63) is 101 Å². The van der Waals surface area contributed by atoms with Crippen molar-refractivity contribution in [1.29, 1.82) is 0 Å². The minimum Gasteiger partial charge on any atom is -0.349 e. The Hall–Kier alpha value is -3.45. The Labute approximate surface area is 205 Å². The quantitative estimate of drug-likeness (QED) is 0.325. The summed E-state index contributed by atoms with van der Waals surface area (Å²) >= 11 is 0. The third-order valence-electron chi connectivity index (χ3n) is 6.46. The summed E-state index contributed by atoms with van der Waals surface area (Å²) in [5.41, 5.74) is 4.12. The van der Waals surface area contributed by atoms with Gasteiger partial charge in [-0.25, -0.2) is 12.8 Å². The molecule has 0 fully saturated rings. The van der Waals surface area contributed by atoms with Crippen molar-refractivity contribution in [3.63, 3.8) is 0 Å². The zero-order valence-electron chi connectivity index (χ0n) is 20.1. The molecule has 1 heterocycles. The molecule has 3 aromatic carbocycles. The molecule has 4 aromatic rings. The van der Waals surface area contributed by atoms with Crippen LogP contribution in [0, 0.1) is 12.7 Å². The van der Waals surface area contributed by atoms with Gasteiger partial charge in [0.15, 0.2) is 9.84 Å². The lowest BCUT2D eigenvalue weighted by molar-refractivity contribution is 0.0944. The van der Waals surface area contributed by atoms with E-state index in [1.165, 1.54) is 17.7 Å². The summed E-state index contributed by atoms with van der Waals surface area (Å²) < 4.78 is 42.4. The molecule has 1 atom stereocenters. The number of carbonyl (C=O) groups is 1.